The van der Waals surface area contributed by atoms with Crippen molar-refractivity contribution in [3.8, 4) is 0 Å². The summed E-state index contributed by atoms with van der Waals surface area (Å²) < 4.78 is 1.84. The summed E-state index contributed by atoms with van der Waals surface area (Å²) >= 11 is 0. The highest BCUT2D eigenvalue weighted by Crippen LogP contribution is 2.15. The van der Waals surface area contributed by atoms with Gasteiger partial charge in [-0.2, -0.15) is 5.10 Å². The molecule has 0 radical (unpaired) electrons. The third-order valence-corrected chi connectivity index (χ3v) is 3.81. The van der Waals surface area contributed by atoms with E-state index in [1.54, 1.807) is 6.20 Å². The van der Waals surface area contributed by atoms with E-state index in [0.717, 1.165) is 31.6 Å². The van der Waals surface area contributed by atoms with Gasteiger partial charge in [0.25, 0.3) is 5.91 Å². The number of nitrogens with zero attached hydrogens (tertiary/aromatic N) is 2. The van der Waals surface area contributed by atoms with E-state index in [0.29, 0.717) is 18.5 Å². The van der Waals surface area contributed by atoms with E-state index < -0.39 is 5.60 Å². The molecule has 20 heavy (non-hydrogen) atoms. The van der Waals surface area contributed by atoms with Crippen molar-refractivity contribution in [2.75, 3.05) is 19.6 Å². The molecule has 1 aliphatic heterocycles. The normalized spacial score (nSPS) is 22.8. The van der Waals surface area contributed by atoms with Crippen molar-refractivity contribution in [2.24, 2.45) is 0 Å². The number of aromatic nitrogens is 2. The van der Waals surface area contributed by atoms with Crippen LogP contribution in [0.2, 0.25) is 0 Å². The molecule has 2 rings (SSSR count). The first kappa shape index (κ1) is 15.0. The van der Waals surface area contributed by atoms with E-state index in [2.05, 4.69) is 22.7 Å². The van der Waals surface area contributed by atoms with Crippen LogP contribution in [0.4, 0.5) is 0 Å². The van der Waals surface area contributed by atoms with Crippen LogP contribution in [-0.2, 0) is 6.54 Å². The van der Waals surface area contributed by atoms with E-state index in [-0.39, 0.29) is 12.5 Å². The minimum atomic E-state index is -0.832. The lowest BCUT2D eigenvalue weighted by Crippen LogP contribution is -2.52. The highest BCUT2D eigenvalue weighted by molar-refractivity contribution is 5.95. The zero-order chi connectivity index (χ0) is 14.6. The van der Waals surface area contributed by atoms with Crippen LogP contribution in [0.1, 0.15) is 42.2 Å². The Bertz CT molecular complexity index is 464. The molecule has 1 aromatic heterocycles. The number of piperidine rings is 1. The zero-order valence-corrected chi connectivity index (χ0v) is 12.3. The maximum absolute atomic E-state index is 12.2. The number of rotatable bonds is 5. The van der Waals surface area contributed by atoms with Gasteiger partial charge in [-0.05, 0) is 32.7 Å². The van der Waals surface area contributed by atoms with Gasteiger partial charge in [-0.3, -0.25) is 9.48 Å². The average Bonchev–Trinajstić information content (AvgIpc) is 2.79. The molecule has 1 aliphatic rings. The number of nitrogens with one attached hydrogen (secondary N) is 2. The molecular weight excluding hydrogens is 256 g/mol. The Morgan fingerprint density at radius 1 is 1.65 bits per heavy atom. The van der Waals surface area contributed by atoms with Gasteiger partial charge in [0.05, 0.1) is 17.4 Å². The highest BCUT2D eigenvalue weighted by atomic mass is 16.3. The fourth-order valence-corrected chi connectivity index (χ4v) is 2.55. The molecule has 0 aromatic carbocycles. The summed E-state index contributed by atoms with van der Waals surface area (Å²) in [5, 5.41) is 20.5. The topological polar surface area (TPSA) is 79.2 Å². The second kappa shape index (κ2) is 6.37. The predicted octanol–water partition coefficient (Wildman–Crippen LogP) is 0.446. The maximum Gasteiger partial charge on any atom is 0.254 e. The van der Waals surface area contributed by atoms with Gasteiger partial charge in [0.15, 0.2) is 0 Å². The monoisotopic (exact) mass is 280 g/mol. The van der Waals surface area contributed by atoms with Crippen LogP contribution in [0.15, 0.2) is 6.20 Å². The predicted molar refractivity (Wildman–Crippen MR) is 76.6 cm³/mol. The van der Waals surface area contributed by atoms with Gasteiger partial charge in [-0.1, -0.05) is 6.92 Å². The second-order valence-corrected chi connectivity index (χ2v) is 5.55. The van der Waals surface area contributed by atoms with Crippen molar-refractivity contribution in [1.29, 1.82) is 0 Å². The number of amides is 1. The molecule has 0 saturated carbocycles. The quantitative estimate of drug-likeness (QED) is 0.731. The lowest BCUT2D eigenvalue weighted by atomic mass is 9.94. The SMILES string of the molecule is CCCn1ncc(C(=O)NC[C@@]2(O)CCCNC2)c1C. The van der Waals surface area contributed by atoms with Crippen molar-refractivity contribution >= 4 is 5.91 Å². The number of carbonyl (C=O) groups is 1. The van der Waals surface area contributed by atoms with Crippen LogP contribution in [-0.4, -0.2) is 46.0 Å². The van der Waals surface area contributed by atoms with Crippen molar-refractivity contribution < 1.29 is 9.90 Å². The Morgan fingerprint density at radius 2 is 2.45 bits per heavy atom. The molecule has 1 atom stereocenters. The highest BCUT2D eigenvalue weighted by Gasteiger charge is 2.29. The Hall–Kier alpha value is -1.40. The van der Waals surface area contributed by atoms with Crippen LogP contribution in [0.25, 0.3) is 0 Å². The van der Waals surface area contributed by atoms with Gasteiger partial charge in [-0.15, -0.1) is 0 Å². The van der Waals surface area contributed by atoms with Crippen molar-refractivity contribution in [2.45, 2.75) is 45.3 Å². The first-order chi connectivity index (χ1) is 9.56. The van der Waals surface area contributed by atoms with Gasteiger partial charge in [0, 0.05) is 25.3 Å². The molecule has 112 valence electrons. The summed E-state index contributed by atoms with van der Waals surface area (Å²) in [5.74, 6) is -0.163. The van der Waals surface area contributed by atoms with Crippen molar-refractivity contribution in [3.63, 3.8) is 0 Å². The molecule has 1 fully saturated rings. The fourth-order valence-electron chi connectivity index (χ4n) is 2.55. The van der Waals surface area contributed by atoms with Crippen molar-refractivity contribution in [1.82, 2.24) is 20.4 Å². The standard InChI is InChI=1S/C14H24N4O2/c1-3-7-18-11(2)12(8-17-18)13(19)16-10-14(20)5-4-6-15-9-14/h8,15,20H,3-7,9-10H2,1-2H3,(H,16,19)/t14-/m1/s1. The van der Waals surface area contributed by atoms with Gasteiger partial charge in [0.1, 0.15) is 0 Å². The van der Waals surface area contributed by atoms with E-state index in [1.807, 2.05) is 11.6 Å². The Balaban J connectivity index is 1.94. The van der Waals surface area contributed by atoms with E-state index in [4.69, 9.17) is 0 Å². The summed E-state index contributed by atoms with van der Waals surface area (Å²) in [6.07, 6.45) is 4.23. The maximum atomic E-state index is 12.2. The molecule has 1 aromatic rings. The summed E-state index contributed by atoms with van der Waals surface area (Å²) in [5.41, 5.74) is 0.630. The van der Waals surface area contributed by atoms with Gasteiger partial charge in [-0.25, -0.2) is 0 Å². The molecule has 1 amide bonds. The molecular formula is C14H24N4O2. The van der Waals surface area contributed by atoms with Gasteiger partial charge < -0.3 is 15.7 Å². The third-order valence-electron chi connectivity index (χ3n) is 3.81. The molecule has 2 heterocycles. The fraction of sp³-hybridized carbons (Fsp3) is 0.714. The van der Waals surface area contributed by atoms with E-state index in [1.165, 1.54) is 0 Å². The van der Waals surface area contributed by atoms with Crippen molar-refractivity contribution in [3.05, 3.63) is 17.5 Å². The van der Waals surface area contributed by atoms with Crippen LogP contribution < -0.4 is 10.6 Å². The minimum absolute atomic E-state index is 0.163. The van der Waals surface area contributed by atoms with Crippen LogP contribution in [0, 0.1) is 6.92 Å². The first-order valence-electron chi connectivity index (χ1n) is 7.29. The molecule has 0 unspecified atom stereocenters. The summed E-state index contributed by atoms with van der Waals surface area (Å²) in [6.45, 7) is 6.52. The first-order valence-corrected chi connectivity index (χ1v) is 7.29. The molecule has 6 heteroatoms. The van der Waals surface area contributed by atoms with Crippen LogP contribution in [0.5, 0.6) is 0 Å². The number of hydrogen-bond acceptors (Lipinski definition) is 4. The Morgan fingerprint density at radius 3 is 3.10 bits per heavy atom. The summed E-state index contributed by atoms with van der Waals surface area (Å²) in [7, 11) is 0. The lowest BCUT2D eigenvalue weighted by Gasteiger charge is -2.32. The zero-order valence-electron chi connectivity index (χ0n) is 12.3. The third kappa shape index (κ3) is 3.37. The number of β-amino-alcohol motifs (C(OH)–C–C–N with tert-alkyl or cyclic N) is 1. The molecule has 0 bridgehead atoms. The molecule has 0 aliphatic carbocycles. The Kier molecular flexibility index (Phi) is 4.77. The minimum Gasteiger partial charge on any atom is -0.387 e. The molecule has 1 saturated heterocycles. The lowest BCUT2D eigenvalue weighted by molar-refractivity contribution is 0.0170. The average molecular weight is 280 g/mol. The number of aryl methyl sites for hydroxylation is 1. The van der Waals surface area contributed by atoms with E-state index in [9.17, 15) is 9.90 Å². The van der Waals surface area contributed by atoms with E-state index >= 15 is 0 Å². The smallest absolute Gasteiger partial charge is 0.254 e. The number of aliphatic hydroxyl groups is 1. The second-order valence-electron chi connectivity index (χ2n) is 5.55. The Labute approximate surface area is 119 Å². The molecule has 6 nitrogen and oxygen atoms in total. The largest absolute Gasteiger partial charge is 0.387 e. The van der Waals surface area contributed by atoms with Crippen LogP contribution in [0.3, 0.4) is 0 Å². The summed E-state index contributed by atoms with van der Waals surface area (Å²) in [4.78, 5) is 12.2. The molecule has 3 N–H and O–H groups in total. The van der Waals surface area contributed by atoms with Gasteiger partial charge >= 0.3 is 0 Å². The van der Waals surface area contributed by atoms with Crippen LogP contribution >= 0.6 is 0 Å². The number of carbonyl (C=O) groups excluding carboxylic acids is 1. The number of hydrogen-bond donors (Lipinski definition) is 3. The molecule has 0 spiro atoms. The van der Waals surface area contributed by atoms with Gasteiger partial charge in [0.2, 0.25) is 0 Å². The summed E-state index contributed by atoms with van der Waals surface area (Å²) in [6, 6.07) is 0.